The summed E-state index contributed by atoms with van der Waals surface area (Å²) in [6.07, 6.45) is -4.19. The number of halogens is 4. The van der Waals surface area contributed by atoms with Crippen LogP contribution in [0.3, 0.4) is 0 Å². The number of alkyl halides is 3. The lowest BCUT2D eigenvalue weighted by Crippen LogP contribution is -2.22. The summed E-state index contributed by atoms with van der Waals surface area (Å²) in [5.74, 6) is -0.291. The van der Waals surface area contributed by atoms with Crippen LogP contribution in [-0.4, -0.2) is 23.6 Å². The first-order valence-corrected chi connectivity index (χ1v) is 6.38. The van der Waals surface area contributed by atoms with E-state index in [1.807, 2.05) is 0 Å². The largest absolute Gasteiger partial charge is 0.573 e. The molecule has 108 valence electrons. The summed E-state index contributed by atoms with van der Waals surface area (Å²) in [6.45, 7) is 3.88. The summed E-state index contributed by atoms with van der Waals surface area (Å²) in [6, 6.07) is 4.20. The molecule has 0 saturated carbocycles. The Morgan fingerprint density at radius 3 is 2.42 bits per heavy atom. The molecule has 19 heavy (non-hydrogen) atoms. The summed E-state index contributed by atoms with van der Waals surface area (Å²) < 4.78 is 40.2. The molecule has 0 aliphatic heterocycles. The van der Waals surface area contributed by atoms with E-state index in [0.717, 1.165) is 0 Å². The van der Waals surface area contributed by atoms with Gasteiger partial charge in [0.05, 0.1) is 10.1 Å². The van der Waals surface area contributed by atoms with E-state index < -0.39 is 12.0 Å². The van der Waals surface area contributed by atoms with Crippen LogP contribution >= 0.6 is 15.9 Å². The van der Waals surface area contributed by atoms with E-state index >= 15 is 0 Å². The molecule has 0 aliphatic rings. The Morgan fingerprint density at radius 1 is 1.32 bits per heavy atom. The quantitative estimate of drug-likeness (QED) is 0.852. The van der Waals surface area contributed by atoms with Crippen molar-refractivity contribution in [3.8, 4) is 5.75 Å². The maximum Gasteiger partial charge on any atom is 0.573 e. The van der Waals surface area contributed by atoms with Crippen LogP contribution in [0, 0.1) is 0 Å². The number of anilines is 1. The molecule has 1 rings (SSSR count). The number of hydrogen-bond donors (Lipinski definition) is 2. The van der Waals surface area contributed by atoms with Crippen molar-refractivity contribution in [3.63, 3.8) is 0 Å². The van der Waals surface area contributed by atoms with E-state index in [4.69, 9.17) is 0 Å². The van der Waals surface area contributed by atoms with Crippen molar-refractivity contribution in [1.29, 1.82) is 0 Å². The van der Waals surface area contributed by atoms with Crippen LogP contribution in [0.25, 0.3) is 0 Å². The van der Waals surface area contributed by atoms with E-state index in [1.54, 1.807) is 13.8 Å². The molecule has 1 aromatic rings. The summed E-state index contributed by atoms with van der Waals surface area (Å²) in [7, 11) is 0. The number of benzene rings is 1. The standard InChI is InChI=1S/C12H15BrF3NO2/c1-11(2,18)5-6-17-8-3-4-10(9(13)7-8)19-12(14,15)16/h3-4,7,17-18H,5-6H2,1-2H3. The van der Waals surface area contributed by atoms with Gasteiger partial charge in [0.15, 0.2) is 0 Å². The van der Waals surface area contributed by atoms with E-state index in [1.165, 1.54) is 18.2 Å². The van der Waals surface area contributed by atoms with Gasteiger partial charge in [-0.15, -0.1) is 13.2 Å². The third-order valence-corrected chi connectivity index (χ3v) is 2.84. The van der Waals surface area contributed by atoms with Crippen LogP contribution in [0.5, 0.6) is 5.75 Å². The third-order valence-electron chi connectivity index (χ3n) is 2.22. The van der Waals surface area contributed by atoms with Crippen molar-refractivity contribution < 1.29 is 23.0 Å². The minimum Gasteiger partial charge on any atom is -0.405 e. The van der Waals surface area contributed by atoms with Crippen molar-refractivity contribution in [1.82, 2.24) is 0 Å². The molecule has 0 amide bonds. The molecule has 0 unspecified atom stereocenters. The zero-order valence-electron chi connectivity index (χ0n) is 10.5. The Morgan fingerprint density at radius 2 is 1.95 bits per heavy atom. The highest BCUT2D eigenvalue weighted by atomic mass is 79.9. The third kappa shape index (κ3) is 6.68. The van der Waals surface area contributed by atoms with Crippen LogP contribution in [0.4, 0.5) is 18.9 Å². The van der Waals surface area contributed by atoms with E-state index in [-0.39, 0.29) is 10.2 Å². The second kappa shape index (κ2) is 6.00. The van der Waals surface area contributed by atoms with Crippen LogP contribution in [-0.2, 0) is 0 Å². The summed E-state index contributed by atoms with van der Waals surface area (Å²) in [4.78, 5) is 0. The number of ether oxygens (including phenoxy) is 1. The second-order valence-electron chi connectivity index (χ2n) is 4.68. The van der Waals surface area contributed by atoms with Gasteiger partial charge in [-0.1, -0.05) is 0 Å². The minimum atomic E-state index is -4.71. The molecule has 0 aromatic heterocycles. The zero-order chi connectivity index (χ0) is 14.7. The predicted molar refractivity (Wildman–Crippen MR) is 70.2 cm³/mol. The maximum atomic E-state index is 12.1. The topological polar surface area (TPSA) is 41.5 Å². The summed E-state index contributed by atoms with van der Waals surface area (Å²) >= 11 is 3.02. The first kappa shape index (κ1) is 16.1. The van der Waals surface area contributed by atoms with Gasteiger partial charge in [0, 0.05) is 12.2 Å². The SMILES string of the molecule is CC(C)(O)CCNc1ccc(OC(F)(F)F)c(Br)c1. The van der Waals surface area contributed by atoms with Gasteiger partial charge < -0.3 is 15.2 Å². The van der Waals surface area contributed by atoms with Gasteiger partial charge in [-0.3, -0.25) is 0 Å². The van der Waals surface area contributed by atoms with E-state index in [9.17, 15) is 18.3 Å². The Kier molecular flexibility index (Phi) is 5.09. The van der Waals surface area contributed by atoms with Crippen LogP contribution < -0.4 is 10.1 Å². The molecule has 0 bridgehead atoms. The Balaban J connectivity index is 2.62. The highest BCUT2D eigenvalue weighted by Gasteiger charge is 2.31. The van der Waals surface area contributed by atoms with Gasteiger partial charge in [0.2, 0.25) is 0 Å². The fraction of sp³-hybridized carbons (Fsp3) is 0.500. The molecule has 1 aromatic carbocycles. The number of aliphatic hydroxyl groups is 1. The van der Waals surface area contributed by atoms with Crippen LogP contribution in [0.1, 0.15) is 20.3 Å². The van der Waals surface area contributed by atoms with Crippen molar-refractivity contribution in [2.24, 2.45) is 0 Å². The predicted octanol–water partition coefficient (Wildman–Crippen LogP) is 3.92. The van der Waals surface area contributed by atoms with Crippen molar-refractivity contribution in [2.45, 2.75) is 32.2 Å². The average molecular weight is 342 g/mol. The maximum absolute atomic E-state index is 12.1. The Bertz CT molecular complexity index is 430. The zero-order valence-corrected chi connectivity index (χ0v) is 12.1. The molecule has 3 nitrogen and oxygen atoms in total. The molecule has 0 atom stereocenters. The van der Waals surface area contributed by atoms with Gasteiger partial charge >= 0.3 is 6.36 Å². The fourth-order valence-corrected chi connectivity index (χ4v) is 1.79. The van der Waals surface area contributed by atoms with Crippen LogP contribution in [0.15, 0.2) is 22.7 Å². The molecule has 0 heterocycles. The average Bonchev–Trinajstić information content (AvgIpc) is 2.18. The lowest BCUT2D eigenvalue weighted by molar-refractivity contribution is -0.274. The highest BCUT2D eigenvalue weighted by molar-refractivity contribution is 9.10. The van der Waals surface area contributed by atoms with Gasteiger partial charge in [0.25, 0.3) is 0 Å². The van der Waals surface area contributed by atoms with Crippen LogP contribution in [0.2, 0.25) is 0 Å². The molecular weight excluding hydrogens is 327 g/mol. The molecule has 0 aliphatic carbocycles. The first-order chi connectivity index (χ1) is 8.57. The Hall–Kier alpha value is -0.950. The number of rotatable bonds is 5. The summed E-state index contributed by atoms with van der Waals surface area (Å²) in [5, 5.41) is 12.5. The number of nitrogens with one attached hydrogen (secondary N) is 1. The minimum absolute atomic E-state index is 0.207. The van der Waals surface area contributed by atoms with Crippen molar-refractivity contribution in [3.05, 3.63) is 22.7 Å². The summed E-state index contributed by atoms with van der Waals surface area (Å²) in [5.41, 5.74) is -0.144. The van der Waals surface area contributed by atoms with E-state index in [0.29, 0.717) is 18.7 Å². The molecule has 2 N–H and O–H groups in total. The first-order valence-electron chi connectivity index (χ1n) is 5.58. The monoisotopic (exact) mass is 341 g/mol. The second-order valence-corrected chi connectivity index (χ2v) is 5.54. The van der Waals surface area contributed by atoms with Gasteiger partial charge in [0.1, 0.15) is 5.75 Å². The normalized spacial score (nSPS) is 12.4. The Labute approximate surface area is 117 Å². The molecule has 0 saturated heterocycles. The van der Waals surface area contributed by atoms with Gasteiger partial charge in [-0.05, 0) is 54.4 Å². The smallest absolute Gasteiger partial charge is 0.405 e. The molecule has 0 fully saturated rings. The van der Waals surface area contributed by atoms with Gasteiger partial charge in [-0.25, -0.2) is 0 Å². The van der Waals surface area contributed by atoms with Crippen molar-refractivity contribution in [2.75, 3.05) is 11.9 Å². The van der Waals surface area contributed by atoms with Gasteiger partial charge in [-0.2, -0.15) is 0 Å². The molecule has 0 spiro atoms. The fourth-order valence-electron chi connectivity index (χ4n) is 1.33. The lowest BCUT2D eigenvalue weighted by Gasteiger charge is -2.18. The van der Waals surface area contributed by atoms with Crippen molar-refractivity contribution >= 4 is 21.6 Å². The lowest BCUT2D eigenvalue weighted by atomic mass is 10.1. The molecule has 7 heteroatoms. The number of hydrogen-bond acceptors (Lipinski definition) is 3. The highest BCUT2D eigenvalue weighted by Crippen LogP contribution is 2.32. The molecule has 0 radical (unpaired) electrons. The van der Waals surface area contributed by atoms with E-state index in [2.05, 4.69) is 26.0 Å². The molecular formula is C12H15BrF3NO2.